The van der Waals surface area contributed by atoms with E-state index in [1.165, 1.54) is 11.0 Å². The fourth-order valence-electron chi connectivity index (χ4n) is 4.67. The number of aromatic nitrogens is 4. The van der Waals surface area contributed by atoms with Crippen LogP contribution in [0.5, 0.6) is 0 Å². The number of H-pyrrole nitrogens is 2. The minimum Gasteiger partial charge on any atom is -0.345 e. The first kappa shape index (κ1) is 30.0. The van der Waals surface area contributed by atoms with Crippen molar-refractivity contribution in [1.82, 2.24) is 24.8 Å². The number of amides is 1. The van der Waals surface area contributed by atoms with Crippen LogP contribution >= 0.6 is 0 Å². The van der Waals surface area contributed by atoms with Crippen molar-refractivity contribution in [3.63, 3.8) is 0 Å². The van der Waals surface area contributed by atoms with Crippen LogP contribution in [-0.4, -0.2) is 62.7 Å². The van der Waals surface area contributed by atoms with Crippen molar-refractivity contribution >= 4 is 51.9 Å². The molecular weight excluding hydrogens is 568 g/mol. The highest BCUT2D eigenvalue weighted by Crippen LogP contribution is 2.22. The summed E-state index contributed by atoms with van der Waals surface area (Å²) in [5, 5.41) is 10.7. The number of hydrogen-bond donors (Lipinski definition) is 2. The van der Waals surface area contributed by atoms with E-state index in [2.05, 4.69) is 19.9 Å². The van der Waals surface area contributed by atoms with Crippen LogP contribution < -0.4 is 0 Å². The summed E-state index contributed by atoms with van der Waals surface area (Å²) < 4.78 is 0. The third kappa shape index (κ3) is 6.48. The highest BCUT2D eigenvalue weighted by molar-refractivity contribution is 6.17. The Labute approximate surface area is 257 Å². The van der Waals surface area contributed by atoms with Crippen molar-refractivity contribution in [2.75, 3.05) is 14.1 Å². The molecule has 0 radical (unpaired) electrons. The topological polar surface area (TPSA) is 153 Å². The minimum absolute atomic E-state index is 0.0101. The first-order valence-corrected chi connectivity index (χ1v) is 13.7. The monoisotopic (exact) mass is 594 g/mol. The summed E-state index contributed by atoms with van der Waals surface area (Å²) in [5.74, 6) is -0.660. The number of nitrogens with one attached hydrogen (secondary N) is 2. The second kappa shape index (κ2) is 13.2. The molecule has 0 aliphatic heterocycles. The molecule has 4 aromatic heterocycles. The van der Waals surface area contributed by atoms with Gasteiger partial charge in [-0.3, -0.25) is 19.2 Å². The van der Waals surface area contributed by atoms with Gasteiger partial charge in [0.25, 0.3) is 5.91 Å². The van der Waals surface area contributed by atoms with E-state index in [4.69, 9.17) is 0 Å². The van der Waals surface area contributed by atoms with Gasteiger partial charge in [0, 0.05) is 77.5 Å². The molecule has 0 saturated heterocycles. The molecule has 1 amide bonds. The Morgan fingerprint density at radius 1 is 0.756 bits per heavy atom. The number of ketones is 2. The Morgan fingerprint density at radius 3 is 1.76 bits per heavy atom. The molecule has 10 nitrogen and oxygen atoms in total. The number of nitrogens with zero attached hydrogens (tertiary/aromatic N) is 4. The quantitative estimate of drug-likeness (QED) is 0.109. The smallest absolute Gasteiger partial charge is 0.264 e. The number of aldehydes is 1. The molecule has 0 aliphatic rings. The number of fused-ring (bicyclic) bond motifs is 2. The predicted molar refractivity (Wildman–Crippen MR) is 170 cm³/mol. The number of carbonyl (C=O) groups excluding carboxylic acids is 4. The van der Waals surface area contributed by atoms with Gasteiger partial charge in [0.1, 0.15) is 29.2 Å². The summed E-state index contributed by atoms with van der Waals surface area (Å²) in [6, 6.07) is 22.6. The van der Waals surface area contributed by atoms with E-state index < -0.39 is 0 Å². The number of pyridine rings is 2. The highest BCUT2D eigenvalue weighted by Gasteiger charge is 2.17. The number of likely N-dealkylation sites (N-methyl/N-ethyl adjacent to an activating group) is 1. The maximum absolute atomic E-state index is 12.9. The summed E-state index contributed by atoms with van der Waals surface area (Å²) in [7, 11) is 3.16. The van der Waals surface area contributed by atoms with Crippen molar-refractivity contribution in [2.24, 2.45) is 0 Å². The fraction of sp³-hybridized carbons (Fsp3) is 0.0571. The summed E-state index contributed by atoms with van der Waals surface area (Å²) >= 11 is 0. The van der Waals surface area contributed by atoms with Gasteiger partial charge in [0.05, 0.1) is 0 Å². The maximum atomic E-state index is 12.9. The summed E-state index contributed by atoms with van der Waals surface area (Å²) in [6.45, 7) is 0. The van der Waals surface area contributed by atoms with Crippen molar-refractivity contribution < 1.29 is 19.2 Å². The lowest BCUT2D eigenvalue weighted by Crippen LogP contribution is -2.22. The summed E-state index contributed by atoms with van der Waals surface area (Å²) in [6.07, 6.45) is 8.82. The molecule has 2 aromatic carbocycles. The molecule has 0 unspecified atom stereocenters. The van der Waals surface area contributed by atoms with Gasteiger partial charge in [-0.2, -0.15) is 5.26 Å². The van der Waals surface area contributed by atoms with Crippen LogP contribution in [0.15, 0.2) is 103 Å². The van der Waals surface area contributed by atoms with Crippen LogP contribution in [0.1, 0.15) is 47.8 Å². The van der Waals surface area contributed by atoms with E-state index in [0.717, 1.165) is 17.1 Å². The number of nitriles is 1. The molecule has 45 heavy (non-hydrogen) atoms. The normalized spacial score (nSPS) is 10.9. The molecular formula is C35H26N6O4. The second-order valence-electron chi connectivity index (χ2n) is 10.1. The van der Waals surface area contributed by atoms with Crippen LogP contribution in [0, 0.1) is 11.3 Å². The molecule has 0 saturated carbocycles. The van der Waals surface area contributed by atoms with Gasteiger partial charge in [0.2, 0.25) is 0 Å². The first-order chi connectivity index (χ1) is 21.8. The van der Waals surface area contributed by atoms with E-state index in [1.54, 1.807) is 99.5 Å². The average molecular weight is 595 g/mol. The Morgan fingerprint density at radius 2 is 1.27 bits per heavy atom. The van der Waals surface area contributed by atoms with Crippen molar-refractivity contribution in [2.45, 2.75) is 0 Å². The second-order valence-corrected chi connectivity index (χ2v) is 10.1. The Kier molecular flexibility index (Phi) is 8.82. The highest BCUT2D eigenvalue weighted by atomic mass is 16.2. The number of aromatic amines is 2. The summed E-state index contributed by atoms with van der Waals surface area (Å²) in [4.78, 5) is 63.6. The van der Waals surface area contributed by atoms with Gasteiger partial charge < -0.3 is 14.9 Å². The van der Waals surface area contributed by atoms with E-state index in [1.807, 2.05) is 18.2 Å². The third-order valence-electron chi connectivity index (χ3n) is 6.89. The molecule has 0 atom stereocenters. The van der Waals surface area contributed by atoms with Gasteiger partial charge in [0.15, 0.2) is 11.6 Å². The standard InChI is InChI=1S/C20H16N4O2.C15H10N2O2/c1-24(2)20(26)15(11-21)10-13-5-3-6-14(9-13)18(25)17-12-23-19-16(17)7-4-8-22-19;18-9-10-3-1-4-11(7-10)14(19)13-8-17-15-12(13)5-2-6-16-15/h3-10,12H,1-2H3,(H,22,23);1-9H,(H,16,17)/b15-10+;. The lowest BCUT2D eigenvalue weighted by molar-refractivity contribution is -0.124. The summed E-state index contributed by atoms with van der Waals surface area (Å²) in [5.41, 5.74) is 4.49. The van der Waals surface area contributed by atoms with E-state index in [9.17, 15) is 24.4 Å². The number of benzene rings is 2. The molecule has 0 spiro atoms. The largest absolute Gasteiger partial charge is 0.345 e. The Balaban J connectivity index is 0.000000186. The molecule has 0 bridgehead atoms. The zero-order chi connectivity index (χ0) is 31.9. The zero-order valence-corrected chi connectivity index (χ0v) is 24.3. The molecule has 220 valence electrons. The third-order valence-corrected chi connectivity index (χ3v) is 6.89. The van der Waals surface area contributed by atoms with Gasteiger partial charge in [-0.05, 0) is 48.0 Å². The first-order valence-electron chi connectivity index (χ1n) is 13.7. The van der Waals surface area contributed by atoms with Gasteiger partial charge >= 0.3 is 0 Å². The van der Waals surface area contributed by atoms with Crippen LogP contribution in [0.2, 0.25) is 0 Å². The molecule has 6 aromatic rings. The zero-order valence-electron chi connectivity index (χ0n) is 24.3. The maximum Gasteiger partial charge on any atom is 0.264 e. The van der Waals surface area contributed by atoms with E-state index in [-0.39, 0.29) is 23.0 Å². The molecule has 10 heteroatoms. The number of hydrogen-bond acceptors (Lipinski definition) is 7. The van der Waals surface area contributed by atoms with Crippen LogP contribution in [0.4, 0.5) is 0 Å². The predicted octanol–water partition coefficient (Wildman–Crippen LogP) is 5.40. The van der Waals surface area contributed by atoms with Crippen LogP contribution in [0.25, 0.3) is 28.1 Å². The van der Waals surface area contributed by atoms with Gasteiger partial charge in [-0.15, -0.1) is 0 Å². The van der Waals surface area contributed by atoms with Gasteiger partial charge in [-0.1, -0.05) is 36.4 Å². The van der Waals surface area contributed by atoms with Crippen molar-refractivity contribution in [3.8, 4) is 6.07 Å². The molecule has 0 aliphatic carbocycles. The number of carbonyl (C=O) groups is 4. The lowest BCUT2D eigenvalue weighted by atomic mass is 10.0. The molecule has 6 rings (SSSR count). The molecule has 0 fully saturated rings. The van der Waals surface area contributed by atoms with Gasteiger partial charge in [-0.25, -0.2) is 9.97 Å². The lowest BCUT2D eigenvalue weighted by Gasteiger charge is -2.08. The van der Waals surface area contributed by atoms with Crippen molar-refractivity contribution in [1.29, 1.82) is 5.26 Å². The average Bonchev–Trinajstić information content (AvgIpc) is 3.71. The van der Waals surface area contributed by atoms with E-state index >= 15 is 0 Å². The minimum atomic E-state index is -0.382. The Bertz CT molecular complexity index is 2150. The Hall–Kier alpha value is -6.47. The van der Waals surface area contributed by atoms with Crippen LogP contribution in [-0.2, 0) is 4.79 Å². The van der Waals surface area contributed by atoms with Crippen molar-refractivity contribution in [3.05, 3.63) is 137 Å². The van der Waals surface area contributed by atoms with E-state index in [0.29, 0.717) is 44.7 Å². The number of rotatable bonds is 7. The van der Waals surface area contributed by atoms with Crippen LogP contribution in [0.3, 0.4) is 0 Å². The SMILES string of the molecule is CN(C)C(=O)/C(C#N)=C/c1cccc(C(=O)c2c[nH]c3ncccc23)c1.O=Cc1cccc(C(=O)c2c[nH]c3ncccc23)c1. The molecule has 4 heterocycles. The fourth-order valence-corrected chi connectivity index (χ4v) is 4.67. The molecule has 2 N–H and O–H groups in total.